The summed E-state index contributed by atoms with van der Waals surface area (Å²) in [6, 6.07) is 10.7. The lowest BCUT2D eigenvalue weighted by Gasteiger charge is -2.09. The summed E-state index contributed by atoms with van der Waals surface area (Å²) in [5.74, 6) is -3.15. The van der Waals surface area contributed by atoms with Crippen LogP contribution in [-0.2, 0) is 6.61 Å². The third-order valence-electron chi connectivity index (χ3n) is 3.24. The van der Waals surface area contributed by atoms with E-state index in [4.69, 9.17) is 14.9 Å². The molecule has 0 bridgehead atoms. The molecule has 0 atom stereocenters. The number of benzene rings is 2. The molecule has 0 radical (unpaired) electrons. The third kappa shape index (κ3) is 3.24. The fourth-order valence-corrected chi connectivity index (χ4v) is 2.16. The molecule has 0 aliphatic heterocycles. The van der Waals surface area contributed by atoms with Crippen LogP contribution in [0.25, 0.3) is 11.3 Å². The lowest BCUT2D eigenvalue weighted by molar-refractivity contribution is 0.0990. The number of amides is 1. The number of carbonyl (C=O) groups excluding carboxylic acids is 1. The van der Waals surface area contributed by atoms with Gasteiger partial charge in [0.25, 0.3) is 5.91 Å². The zero-order valence-corrected chi connectivity index (χ0v) is 12.3. The van der Waals surface area contributed by atoms with Crippen LogP contribution >= 0.6 is 0 Å². The third-order valence-corrected chi connectivity index (χ3v) is 3.24. The van der Waals surface area contributed by atoms with Crippen LogP contribution in [0.4, 0.5) is 8.78 Å². The van der Waals surface area contributed by atoms with Crippen LogP contribution in [0, 0.1) is 11.6 Å². The average molecular weight is 330 g/mol. The van der Waals surface area contributed by atoms with Gasteiger partial charge in [-0.25, -0.2) is 13.8 Å². The lowest BCUT2D eigenvalue weighted by Crippen LogP contribution is -2.15. The van der Waals surface area contributed by atoms with Crippen LogP contribution in [0.2, 0.25) is 0 Å². The Morgan fingerprint density at radius 1 is 1.21 bits per heavy atom. The number of carbonyl (C=O) groups is 1. The Kier molecular flexibility index (Phi) is 4.24. The van der Waals surface area contributed by atoms with Crippen LogP contribution in [0.15, 0.2) is 53.1 Å². The van der Waals surface area contributed by atoms with Crippen molar-refractivity contribution in [3.8, 4) is 17.0 Å². The predicted octanol–water partition coefficient (Wildman–Crippen LogP) is 3.30. The van der Waals surface area contributed by atoms with Crippen LogP contribution in [0.5, 0.6) is 5.75 Å². The second-order valence-electron chi connectivity index (χ2n) is 4.91. The first kappa shape index (κ1) is 15.7. The Morgan fingerprint density at radius 2 is 1.96 bits per heavy atom. The van der Waals surface area contributed by atoms with E-state index in [2.05, 4.69) is 4.98 Å². The van der Waals surface area contributed by atoms with Crippen LogP contribution in [0.3, 0.4) is 0 Å². The molecule has 5 nitrogen and oxygen atoms in total. The first-order valence-corrected chi connectivity index (χ1v) is 6.96. The molecule has 2 N–H and O–H groups in total. The molecule has 2 aromatic carbocycles. The number of primary amides is 1. The standard InChI is InChI=1S/C17H12F2N2O3/c18-11-6-12(19)16(17(20)22)14(7-11)23-9-15-21-13(8-24-15)10-4-2-1-3-5-10/h1-8H,9H2,(H2,20,22). The van der Waals surface area contributed by atoms with E-state index in [9.17, 15) is 13.6 Å². The molecule has 7 heteroatoms. The van der Waals surface area contributed by atoms with Crippen molar-refractivity contribution in [3.63, 3.8) is 0 Å². The zero-order valence-electron chi connectivity index (χ0n) is 12.3. The Morgan fingerprint density at radius 3 is 2.67 bits per heavy atom. The van der Waals surface area contributed by atoms with E-state index >= 15 is 0 Å². The minimum absolute atomic E-state index is 0.189. The molecule has 1 heterocycles. The summed E-state index contributed by atoms with van der Waals surface area (Å²) in [7, 11) is 0. The fraction of sp³-hybridized carbons (Fsp3) is 0.0588. The molecule has 24 heavy (non-hydrogen) atoms. The van der Waals surface area contributed by atoms with E-state index in [1.807, 2.05) is 30.3 Å². The quantitative estimate of drug-likeness (QED) is 0.778. The minimum Gasteiger partial charge on any atom is -0.483 e. The summed E-state index contributed by atoms with van der Waals surface area (Å²) in [5, 5.41) is 0. The summed E-state index contributed by atoms with van der Waals surface area (Å²) >= 11 is 0. The molecule has 0 unspecified atom stereocenters. The molecule has 0 saturated carbocycles. The molecule has 3 aromatic rings. The summed E-state index contributed by atoms with van der Waals surface area (Å²) in [4.78, 5) is 15.5. The number of rotatable bonds is 5. The zero-order chi connectivity index (χ0) is 17.1. The van der Waals surface area contributed by atoms with Gasteiger partial charge in [0.2, 0.25) is 5.89 Å². The van der Waals surface area contributed by atoms with Gasteiger partial charge in [-0.15, -0.1) is 0 Å². The van der Waals surface area contributed by atoms with Crippen molar-refractivity contribution in [1.29, 1.82) is 0 Å². The molecular formula is C17H12F2N2O3. The first-order valence-electron chi connectivity index (χ1n) is 6.96. The molecule has 0 aliphatic carbocycles. The van der Waals surface area contributed by atoms with Crippen molar-refractivity contribution < 1.29 is 22.7 Å². The van der Waals surface area contributed by atoms with Gasteiger partial charge in [0.05, 0.1) is 0 Å². The van der Waals surface area contributed by atoms with Gasteiger partial charge in [0.15, 0.2) is 6.61 Å². The van der Waals surface area contributed by atoms with E-state index in [1.165, 1.54) is 6.26 Å². The smallest absolute Gasteiger partial charge is 0.255 e. The van der Waals surface area contributed by atoms with E-state index in [-0.39, 0.29) is 18.2 Å². The van der Waals surface area contributed by atoms with Gasteiger partial charge >= 0.3 is 0 Å². The molecule has 0 aliphatic rings. The van der Waals surface area contributed by atoms with E-state index < -0.39 is 23.1 Å². The maximum absolute atomic E-state index is 13.7. The maximum Gasteiger partial charge on any atom is 0.255 e. The Labute approximate surface area is 135 Å². The van der Waals surface area contributed by atoms with E-state index in [1.54, 1.807) is 0 Å². The van der Waals surface area contributed by atoms with Gasteiger partial charge in [-0.3, -0.25) is 4.79 Å². The molecule has 1 amide bonds. The van der Waals surface area contributed by atoms with Gasteiger partial charge in [0, 0.05) is 17.7 Å². The summed E-state index contributed by atoms with van der Waals surface area (Å²) in [6.07, 6.45) is 1.44. The summed E-state index contributed by atoms with van der Waals surface area (Å²) in [5.41, 5.74) is 6.01. The SMILES string of the molecule is NC(=O)c1c(F)cc(F)cc1OCc1nc(-c2ccccc2)co1. The molecule has 0 saturated heterocycles. The Balaban J connectivity index is 1.80. The fourth-order valence-electron chi connectivity index (χ4n) is 2.16. The van der Waals surface area contributed by atoms with Crippen molar-refractivity contribution >= 4 is 5.91 Å². The highest BCUT2D eigenvalue weighted by Gasteiger charge is 2.18. The highest BCUT2D eigenvalue weighted by atomic mass is 19.1. The van der Waals surface area contributed by atoms with Gasteiger partial charge in [-0.1, -0.05) is 30.3 Å². The van der Waals surface area contributed by atoms with Crippen molar-refractivity contribution in [3.05, 3.63) is 71.8 Å². The van der Waals surface area contributed by atoms with E-state index in [0.717, 1.165) is 11.6 Å². The molecule has 1 aromatic heterocycles. The van der Waals surface area contributed by atoms with Crippen molar-refractivity contribution in [2.24, 2.45) is 5.73 Å². The summed E-state index contributed by atoms with van der Waals surface area (Å²) < 4.78 is 37.5. The molecule has 122 valence electrons. The molecular weight excluding hydrogens is 318 g/mol. The number of hydrogen-bond donors (Lipinski definition) is 1. The molecule has 0 spiro atoms. The highest BCUT2D eigenvalue weighted by Crippen LogP contribution is 2.25. The lowest BCUT2D eigenvalue weighted by atomic mass is 10.1. The van der Waals surface area contributed by atoms with Crippen LogP contribution in [0.1, 0.15) is 16.2 Å². The van der Waals surface area contributed by atoms with Gasteiger partial charge < -0.3 is 14.9 Å². The first-order chi connectivity index (χ1) is 11.5. The van der Waals surface area contributed by atoms with Crippen LogP contribution < -0.4 is 10.5 Å². The van der Waals surface area contributed by atoms with Crippen molar-refractivity contribution in [1.82, 2.24) is 4.98 Å². The summed E-state index contributed by atoms with van der Waals surface area (Å²) in [6.45, 7) is -0.212. The number of ether oxygens (including phenoxy) is 1. The van der Waals surface area contributed by atoms with Crippen molar-refractivity contribution in [2.75, 3.05) is 0 Å². The highest BCUT2D eigenvalue weighted by molar-refractivity contribution is 5.95. The second-order valence-corrected chi connectivity index (χ2v) is 4.91. The second kappa shape index (κ2) is 6.49. The maximum atomic E-state index is 13.7. The van der Waals surface area contributed by atoms with E-state index in [0.29, 0.717) is 11.8 Å². The largest absolute Gasteiger partial charge is 0.483 e. The Hall–Kier alpha value is -3.22. The topological polar surface area (TPSA) is 78.4 Å². The van der Waals surface area contributed by atoms with Crippen LogP contribution in [-0.4, -0.2) is 10.9 Å². The van der Waals surface area contributed by atoms with Crippen molar-refractivity contribution in [2.45, 2.75) is 6.61 Å². The number of hydrogen-bond acceptors (Lipinski definition) is 4. The molecule has 0 fully saturated rings. The van der Waals surface area contributed by atoms with Gasteiger partial charge in [-0.2, -0.15) is 0 Å². The normalized spacial score (nSPS) is 10.6. The van der Waals surface area contributed by atoms with Gasteiger partial charge in [0.1, 0.15) is 34.9 Å². The molecule has 3 rings (SSSR count). The average Bonchev–Trinajstić information content (AvgIpc) is 3.01. The number of nitrogens with two attached hydrogens (primary N) is 1. The monoisotopic (exact) mass is 330 g/mol. The number of halogens is 2. The number of nitrogens with zero attached hydrogens (tertiary/aromatic N) is 1. The van der Waals surface area contributed by atoms with Gasteiger partial charge in [-0.05, 0) is 0 Å². The Bertz CT molecular complexity index is 879. The minimum atomic E-state index is -1.09. The number of aromatic nitrogens is 1. The number of oxazole rings is 1. The predicted molar refractivity (Wildman–Crippen MR) is 81.1 cm³/mol.